The van der Waals surface area contributed by atoms with E-state index in [1.165, 1.54) is 16.3 Å². The largest absolute Gasteiger partial charge is 0.496 e. The zero-order valence-corrected chi connectivity index (χ0v) is 14.5. The number of methoxy groups -OCH3 is 1. The van der Waals surface area contributed by atoms with E-state index in [0.717, 1.165) is 30.6 Å². The van der Waals surface area contributed by atoms with E-state index in [2.05, 4.69) is 41.5 Å². The Labute approximate surface area is 143 Å². The standard InChI is InChI=1S/C20H26N2O2/c1-4-7-17-18(24-3)11-10-15-8-6-9-16(19(15)17)12-14-22-20(23)21-13-5-2/h4,6,8-11H,1,5,7,12-14H2,2-3H3,(H2,21,22,23). The minimum atomic E-state index is -0.110. The molecule has 2 aromatic rings. The van der Waals surface area contributed by atoms with Gasteiger partial charge in [0.1, 0.15) is 5.75 Å². The van der Waals surface area contributed by atoms with Gasteiger partial charge in [0.25, 0.3) is 0 Å². The van der Waals surface area contributed by atoms with Gasteiger partial charge >= 0.3 is 6.03 Å². The molecule has 0 saturated heterocycles. The summed E-state index contributed by atoms with van der Waals surface area (Å²) in [5.74, 6) is 0.878. The molecule has 2 amide bonds. The Balaban J connectivity index is 2.23. The van der Waals surface area contributed by atoms with Crippen molar-refractivity contribution in [1.82, 2.24) is 10.6 Å². The molecular weight excluding hydrogens is 300 g/mol. The fraction of sp³-hybridized carbons (Fsp3) is 0.350. The first-order valence-electron chi connectivity index (χ1n) is 8.41. The van der Waals surface area contributed by atoms with Gasteiger partial charge < -0.3 is 15.4 Å². The van der Waals surface area contributed by atoms with E-state index in [-0.39, 0.29) is 6.03 Å². The number of allylic oxidation sites excluding steroid dienone is 1. The predicted octanol–water partition coefficient (Wildman–Crippen LogP) is 3.83. The van der Waals surface area contributed by atoms with E-state index in [4.69, 9.17) is 4.74 Å². The monoisotopic (exact) mass is 326 g/mol. The smallest absolute Gasteiger partial charge is 0.314 e. The van der Waals surface area contributed by atoms with Crippen LogP contribution in [0.1, 0.15) is 24.5 Å². The summed E-state index contributed by atoms with van der Waals surface area (Å²) in [6, 6.07) is 10.2. The van der Waals surface area contributed by atoms with Crippen molar-refractivity contribution in [2.45, 2.75) is 26.2 Å². The normalized spacial score (nSPS) is 10.4. The summed E-state index contributed by atoms with van der Waals surface area (Å²) in [7, 11) is 1.69. The van der Waals surface area contributed by atoms with Crippen LogP contribution in [-0.2, 0) is 12.8 Å². The zero-order chi connectivity index (χ0) is 17.4. The lowest BCUT2D eigenvalue weighted by Crippen LogP contribution is -2.36. The molecule has 0 aromatic heterocycles. The van der Waals surface area contributed by atoms with Gasteiger partial charge in [-0.2, -0.15) is 0 Å². The van der Waals surface area contributed by atoms with Crippen LogP contribution in [0.2, 0.25) is 0 Å². The van der Waals surface area contributed by atoms with Crippen LogP contribution in [-0.4, -0.2) is 26.2 Å². The summed E-state index contributed by atoms with van der Waals surface area (Å²) in [6.07, 6.45) is 4.35. The lowest BCUT2D eigenvalue weighted by Gasteiger charge is -2.15. The Bertz CT molecular complexity index is 710. The van der Waals surface area contributed by atoms with Crippen LogP contribution in [0.3, 0.4) is 0 Å². The zero-order valence-electron chi connectivity index (χ0n) is 14.5. The van der Waals surface area contributed by atoms with Crippen LogP contribution < -0.4 is 15.4 Å². The summed E-state index contributed by atoms with van der Waals surface area (Å²) in [6.45, 7) is 7.19. The molecule has 0 heterocycles. The van der Waals surface area contributed by atoms with Gasteiger partial charge in [-0.3, -0.25) is 0 Å². The number of rotatable bonds is 8. The van der Waals surface area contributed by atoms with Crippen LogP contribution >= 0.6 is 0 Å². The molecule has 2 aromatic carbocycles. The minimum Gasteiger partial charge on any atom is -0.496 e. The molecule has 0 aliphatic carbocycles. The molecule has 0 radical (unpaired) electrons. The third-order valence-corrected chi connectivity index (χ3v) is 3.98. The molecule has 0 atom stereocenters. The lowest BCUT2D eigenvalue weighted by molar-refractivity contribution is 0.241. The first kappa shape index (κ1) is 17.9. The van der Waals surface area contributed by atoms with Crippen molar-refractivity contribution in [2.24, 2.45) is 0 Å². The summed E-state index contributed by atoms with van der Waals surface area (Å²) in [5, 5.41) is 8.11. The molecule has 0 saturated carbocycles. The maximum absolute atomic E-state index is 11.7. The molecule has 0 unspecified atom stereocenters. The highest BCUT2D eigenvalue weighted by molar-refractivity contribution is 5.91. The highest BCUT2D eigenvalue weighted by Crippen LogP contribution is 2.31. The molecular formula is C20H26N2O2. The third kappa shape index (κ3) is 4.28. The van der Waals surface area contributed by atoms with Crippen molar-refractivity contribution in [1.29, 1.82) is 0 Å². The molecule has 24 heavy (non-hydrogen) atoms. The van der Waals surface area contributed by atoms with Crippen LogP contribution in [0, 0.1) is 0 Å². The predicted molar refractivity (Wildman–Crippen MR) is 99.8 cm³/mol. The number of urea groups is 1. The van der Waals surface area contributed by atoms with Gasteiger partial charge in [-0.1, -0.05) is 37.3 Å². The van der Waals surface area contributed by atoms with E-state index >= 15 is 0 Å². The van der Waals surface area contributed by atoms with Crippen molar-refractivity contribution < 1.29 is 9.53 Å². The number of amides is 2. The Kier molecular flexibility index (Phi) is 6.67. The quantitative estimate of drug-likeness (QED) is 0.724. The number of carbonyl (C=O) groups excluding carboxylic acids is 1. The number of hydrogen-bond acceptors (Lipinski definition) is 2. The number of benzene rings is 2. The molecule has 4 nitrogen and oxygen atoms in total. The van der Waals surface area contributed by atoms with Gasteiger partial charge in [-0.15, -0.1) is 6.58 Å². The summed E-state index contributed by atoms with van der Waals surface area (Å²) >= 11 is 0. The number of ether oxygens (including phenoxy) is 1. The Morgan fingerprint density at radius 1 is 1.21 bits per heavy atom. The van der Waals surface area contributed by atoms with Crippen molar-refractivity contribution in [2.75, 3.05) is 20.2 Å². The van der Waals surface area contributed by atoms with E-state index in [9.17, 15) is 4.79 Å². The topological polar surface area (TPSA) is 50.4 Å². The molecule has 0 fully saturated rings. The molecule has 2 rings (SSSR count). The van der Waals surface area contributed by atoms with Crippen molar-refractivity contribution in [3.8, 4) is 5.75 Å². The third-order valence-electron chi connectivity index (χ3n) is 3.98. The molecule has 0 bridgehead atoms. The fourth-order valence-electron chi connectivity index (χ4n) is 2.87. The molecule has 0 spiro atoms. The summed E-state index contributed by atoms with van der Waals surface area (Å²) < 4.78 is 5.52. The maximum Gasteiger partial charge on any atom is 0.314 e. The Hall–Kier alpha value is -2.49. The van der Waals surface area contributed by atoms with Gasteiger partial charge in [-0.05, 0) is 41.7 Å². The minimum absolute atomic E-state index is 0.110. The highest BCUT2D eigenvalue weighted by atomic mass is 16.5. The average molecular weight is 326 g/mol. The average Bonchev–Trinajstić information content (AvgIpc) is 2.60. The number of carbonyl (C=O) groups is 1. The van der Waals surface area contributed by atoms with Crippen LogP contribution in [0.5, 0.6) is 5.75 Å². The number of nitrogens with one attached hydrogen (secondary N) is 2. The van der Waals surface area contributed by atoms with Crippen LogP contribution in [0.25, 0.3) is 10.8 Å². The molecule has 128 valence electrons. The number of fused-ring (bicyclic) bond motifs is 1. The molecule has 0 aliphatic rings. The fourth-order valence-corrected chi connectivity index (χ4v) is 2.87. The Morgan fingerprint density at radius 3 is 2.71 bits per heavy atom. The van der Waals surface area contributed by atoms with Gasteiger partial charge in [0.15, 0.2) is 0 Å². The Morgan fingerprint density at radius 2 is 2.00 bits per heavy atom. The van der Waals surface area contributed by atoms with E-state index in [1.807, 2.05) is 19.1 Å². The van der Waals surface area contributed by atoms with Crippen LogP contribution in [0.15, 0.2) is 43.0 Å². The van der Waals surface area contributed by atoms with Crippen LogP contribution in [0.4, 0.5) is 4.79 Å². The second-order valence-electron chi connectivity index (χ2n) is 5.69. The van der Waals surface area contributed by atoms with E-state index < -0.39 is 0 Å². The lowest BCUT2D eigenvalue weighted by atomic mass is 9.95. The highest BCUT2D eigenvalue weighted by Gasteiger charge is 2.11. The molecule has 0 aliphatic heterocycles. The number of hydrogen-bond donors (Lipinski definition) is 2. The van der Waals surface area contributed by atoms with Gasteiger partial charge in [0.2, 0.25) is 0 Å². The van der Waals surface area contributed by atoms with Crippen molar-refractivity contribution >= 4 is 16.8 Å². The van der Waals surface area contributed by atoms with Gasteiger partial charge in [-0.25, -0.2) is 4.79 Å². The molecule has 2 N–H and O–H groups in total. The van der Waals surface area contributed by atoms with Gasteiger partial charge in [0, 0.05) is 18.7 Å². The summed E-state index contributed by atoms with van der Waals surface area (Å²) in [5.41, 5.74) is 2.36. The maximum atomic E-state index is 11.7. The van der Waals surface area contributed by atoms with E-state index in [0.29, 0.717) is 13.1 Å². The summed E-state index contributed by atoms with van der Waals surface area (Å²) in [4.78, 5) is 11.7. The first-order valence-corrected chi connectivity index (χ1v) is 8.41. The van der Waals surface area contributed by atoms with E-state index in [1.54, 1.807) is 7.11 Å². The first-order chi connectivity index (χ1) is 11.7. The van der Waals surface area contributed by atoms with Crippen molar-refractivity contribution in [3.63, 3.8) is 0 Å². The second-order valence-corrected chi connectivity index (χ2v) is 5.69. The van der Waals surface area contributed by atoms with Gasteiger partial charge in [0.05, 0.1) is 7.11 Å². The SMILES string of the molecule is C=CCc1c(OC)ccc2cccc(CCNC(=O)NCCC)c12. The van der Waals surface area contributed by atoms with Crippen molar-refractivity contribution in [3.05, 3.63) is 54.1 Å². The second kappa shape index (κ2) is 8.96. The molecule has 4 heteroatoms.